The number of halogens is 3. The number of rotatable bonds is 4. The van der Waals surface area contributed by atoms with Crippen LogP contribution in [0.2, 0.25) is 0 Å². The van der Waals surface area contributed by atoms with Gasteiger partial charge in [-0.3, -0.25) is 4.79 Å². The number of hydrogen-bond donors (Lipinski definition) is 2. The molecule has 0 aliphatic carbocycles. The van der Waals surface area contributed by atoms with E-state index in [2.05, 4.69) is 10.5 Å². The van der Waals surface area contributed by atoms with Gasteiger partial charge < -0.3 is 19.8 Å². The number of alkyl halides is 3. The number of carboxylic acids is 1. The Morgan fingerprint density at radius 1 is 1.42 bits per heavy atom. The number of carbonyl (C=O) groups is 2. The lowest BCUT2D eigenvalue weighted by molar-refractivity contribution is -0.187. The summed E-state index contributed by atoms with van der Waals surface area (Å²) in [5.41, 5.74) is 1.33. The van der Waals surface area contributed by atoms with E-state index >= 15 is 0 Å². The maximum absolute atomic E-state index is 12.9. The van der Waals surface area contributed by atoms with Crippen molar-refractivity contribution in [1.29, 1.82) is 0 Å². The molecule has 2 N–H and O–H groups in total. The van der Waals surface area contributed by atoms with Gasteiger partial charge in [-0.15, -0.1) is 0 Å². The van der Waals surface area contributed by atoms with Gasteiger partial charge in [0.2, 0.25) is 0 Å². The van der Waals surface area contributed by atoms with Crippen molar-refractivity contribution in [3.63, 3.8) is 0 Å². The summed E-state index contributed by atoms with van der Waals surface area (Å²) in [6, 6.07) is -0.740. The number of carbonyl (C=O) groups excluding carboxylic acids is 1. The summed E-state index contributed by atoms with van der Waals surface area (Å²) in [4.78, 5) is 24.0. The van der Waals surface area contributed by atoms with Crippen LogP contribution in [0.5, 0.6) is 0 Å². The van der Waals surface area contributed by atoms with Crippen LogP contribution >= 0.6 is 0 Å². The molecule has 1 aliphatic heterocycles. The maximum Gasteiger partial charge on any atom is 0.394 e. The van der Waals surface area contributed by atoms with Crippen molar-refractivity contribution in [2.45, 2.75) is 33.0 Å². The molecule has 1 fully saturated rings. The van der Waals surface area contributed by atoms with E-state index in [1.54, 1.807) is 6.92 Å². The molecule has 0 radical (unpaired) electrons. The Morgan fingerprint density at radius 3 is 2.58 bits per heavy atom. The summed E-state index contributed by atoms with van der Waals surface area (Å²) in [5.74, 6) is -4.76. The fourth-order valence-corrected chi connectivity index (χ4v) is 2.77. The number of nitrogens with one attached hydrogen (secondary N) is 1. The molecule has 2 rings (SSSR count). The van der Waals surface area contributed by atoms with E-state index < -0.39 is 43.1 Å². The quantitative estimate of drug-likeness (QED) is 0.866. The highest BCUT2D eigenvalue weighted by Gasteiger charge is 2.53. The minimum atomic E-state index is -4.67. The summed E-state index contributed by atoms with van der Waals surface area (Å²) >= 11 is 0. The number of aryl methyl sites for hydroxylation is 2. The van der Waals surface area contributed by atoms with Crippen LogP contribution in [0.1, 0.15) is 23.9 Å². The van der Waals surface area contributed by atoms with Gasteiger partial charge in [-0.1, -0.05) is 12.1 Å². The summed E-state index contributed by atoms with van der Waals surface area (Å²) in [6.07, 6.45) is -4.08. The van der Waals surface area contributed by atoms with Crippen LogP contribution in [0.3, 0.4) is 0 Å². The van der Waals surface area contributed by atoms with Crippen molar-refractivity contribution in [3.05, 3.63) is 17.0 Å². The van der Waals surface area contributed by atoms with Gasteiger partial charge in [-0.2, -0.15) is 13.2 Å². The highest BCUT2D eigenvalue weighted by molar-refractivity contribution is 5.77. The Bertz CT molecular complexity index is 629. The van der Waals surface area contributed by atoms with Gasteiger partial charge in [0.25, 0.3) is 0 Å². The fourth-order valence-electron chi connectivity index (χ4n) is 2.77. The van der Waals surface area contributed by atoms with E-state index in [1.807, 2.05) is 6.92 Å². The second-order valence-electron chi connectivity index (χ2n) is 5.67. The van der Waals surface area contributed by atoms with E-state index in [9.17, 15) is 22.8 Å². The van der Waals surface area contributed by atoms with Crippen LogP contribution in [0.15, 0.2) is 4.52 Å². The summed E-state index contributed by atoms with van der Waals surface area (Å²) in [6.45, 7) is 2.44. The molecule has 0 aromatic carbocycles. The van der Waals surface area contributed by atoms with Gasteiger partial charge in [0, 0.05) is 25.2 Å². The van der Waals surface area contributed by atoms with Crippen molar-refractivity contribution >= 4 is 12.0 Å². The predicted molar refractivity (Wildman–Crippen MR) is 75.1 cm³/mol. The molecule has 0 spiro atoms. The van der Waals surface area contributed by atoms with Crippen LogP contribution in [0, 0.1) is 18.8 Å². The molecule has 1 aromatic heterocycles. The van der Waals surface area contributed by atoms with Crippen molar-refractivity contribution < 1.29 is 32.4 Å². The highest BCUT2D eigenvalue weighted by Crippen LogP contribution is 2.37. The average molecular weight is 349 g/mol. The Kier molecular flexibility index (Phi) is 5.05. The first-order valence-corrected chi connectivity index (χ1v) is 7.41. The van der Waals surface area contributed by atoms with Gasteiger partial charge in [-0.25, -0.2) is 4.79 Å². The van der Waals surface area contributed by atoms with E-state index in [0.717, 1.165) is 4.90 Å². The molecule has 2 amide bonds. The van der Waals surface area contributed by atoms with Crippen molar-refractivity contribution in [3.8, 4) is 0 Å². The molecule has 0 saturated carbocycles. The lowest BCUT2D eigenvalue weighted by Gasteiger charge is -2.18. The minimum Gasteiger partial charge on any atom is -0.481 e. The van der Waals surface area contributed by atoms with Gasteiger partial charge >= 0.3 is 18.2 Å². The standard InChI is InChI=1S/C14H18F3N3O4/c1-3-11-8(7(2)24-19-11)4-18-13(23)20-5-9(12(21)22)10(6-20)14(15,16)17/h9-10H,3-6H2,1-2H3,(H,18,23)(H,21,22)/t9-,10-/m1/s1. The van der Waals surface area contributed by atoms with Crippen molar-refractivity contribution in [1.82, 2.24) is 15.4 Å². The van der Waals surface area contributed by atoms with E-state index in [-0.39, 0.29) is 6.54 Å². The van der Waals surface area contributed by atoms with Crippen molar-refractivity contribution in [2.24, 2.45) is 11.8 Å². The third kappa shape index (κ3) is 3.62. The average Bonchev–Trinajstić information content (AvgIpc) is 3.08. The minimum absolute atomic E-state index is 0.0578. The van der Waals surface area contributed by atoms with E-state index in [0.29, 0.717) is 23.4 Å². The number of hydrogen-bond acceptors (Lipinski definition) is 4. The van der Waals surface area contributed by atoms with Gasteiger partial charge in [-0.05, 0) is 13.3 Å². The second kappa shape index (κ2) is 6.70. The number of urea groups is 1. The molecular weight excluding hydrogens is 331 g/mol. The Balaban J connectivity index is 2.03. The third-order valence-corrected chi connectivity index (χ3v) is 4.16. The second-order valence-corrected chi connectivity index (χ2v) is 5.67. The Labute approximate surface area is 135 Å². The molecule has 1 saturated heterocycles. The van der Waals surface area contributed by atoms with Gasteiger partial charge in [0.1, 0.15) is 5.76 Å². The molecule has 134 valence electrons. The van der Waals surface area contributed by atoms with Crippen LogP contribution in [0.25, 0.3) is 0 Å². The van der Waals surface area contributed by atoms with Crippen LogP contribution in [-0.4, -0.2) is 46.4 Å². The number of nitrogens with zero attached hydrogens (tertiary/aromatic N) is 2. The first-order chi connectivity index (χ1) is 11.1. The molecule has 10 heteroatoms. The molecule has 0 unspecified atom stereocenters. The zero-order valence-electron chi connectivity index (χ0n) is 13.2. The highest BCUT2D eigenvalue weighted by atomic mass is 19.4. The Hall–Kier alpha value is -2.26. The van der Waals surface area contributed by atoms with Crippen molar-refractivity contribution in [2.75, 3.05) is 13.1 Å². The lowest BCUT2D eigenvalue weighted by atomic mass is 9.96. The number of aliphatic carboxylic acids is 1. The smallest absolute Gasteiger partial charge is 0.394 e. The topological polar surface area (TPSA) is 95.7 Å². The molecule has 1 aromatic rings. The van der Waals surface area contributed by atoms with Gasteiger partial charge in [0.15, 0.2) is 0 Å². The molecule has 7 nitrogen and oxygen atoms in total. The molecule has 0 bridgehead atoms. The third-order valence-electron chi connectivity index (χ3n) is 4.16. The van der Waals surface area contributed by atoms with Gasteiger partial charge in [0.05, 0.1) is 17.5 Å². The van der Waals surface area contributed by atoms with E-state index in [1.165, 1.54) is 0 Å². The monoisotopic (exact) mass is 349 g/mol. The molecular formula is C14H18F3N3O4. The molecule has 2 heterocycles. The normalized spacial score (nSPS) is 21.1. The van der Waals surface area contributed by atoms with Crippen LogP contribution < -0.4 is 5.32 Å². The van der Waals surface area contributed by atoms with Crippen LogP contribution in [-0.2, 0) is 17.8 Å². The summed E-state index contributed by atoms with van der Waals surface area (Å²) < 4.78 is 43.8. The SMILES string of the molecule is CCc1noc(C)c1CNC(=O)N1C[C@@H](C(F)(F)F)[C@H](C(=O)O)C1. The number of carboxylic acid groups (broad SMARTS) is 1. The zero-order valence-corrected chi connectivity index (χ0v) is 13.2. The molecule has 1 aliphatic rings. The molecule has 24 heavy (non-hydrogen) atoms. The summed E-state index contributed by atoms with van der Waals surface area (Å²) in [5, 5.41) is 15.3. The Morgan fingerprint density at radius 2 is 2.08 bits per heavy atom. The summed E-state index contributed by atoms with van der Waals surface area (Å²) in [7, 11) is 0. The lowest BCUT2D eigenvalue weighted by Crippen LogP contribution is -2.39. The maximum atomic E-state index is 12.9. The number of aromatic nitrogens is 1. The molecule has 2 atom stereocenters. The number of amides is 2. The first kappa shape index (κ1) is 18.1. The van der Waals surface area contributed by atoms with E-state index in [4.69, 9.17) is 9.63 Å². The number of likely N-dealkylation sites (tertiary alicyclic amines) is 1. The zero-order chi connectivity index (χ0) is 18.1. The first-order valence-electron chi connectivity index (χ1n) is 7.41. The fraction of sp³-hybridized carbons (Fsp3) is 0.643. The largest absolute Gasteiger partial charge is 0.481 e. The predicted octanol–water partition coefficient (Wildman–Crippen LogP) is 1.95. The van der Waals surface area contributed by atoms with Crippen LogP contribution in [0.4, 0.5) is 18.0 Å².